The zero-order valence-corrected chi connectivity index (χ0v) is 30.7. The number of carbonyl (C=O) groups excluding carboxylic acids is 5. The van der Waals surface area contributed by atoms with Gasteiger partial charge in [0.2, 0.25) is 5.91 Å². The van der Waals surface area contributed by atoms with Crippen LogP contribution in [0.4, 0.5) is 14.4 Å². The summed E-state index contributed by atoms with van der Waals surface area (Å²) in [6.07, 6.45) is 3.29. The van der Waals surface area contributed by atoms with E-state index < -0.39 is 41.8 Å². The molecule has 4 N–H and O–H groups in total. The minimum atomic E-state index is -0.754. The van der Waals surface area contributed by atoms with Crippen LogP contribution in [0.3, 0.4) is 0 Å². The van der Waals surface area contributed by atoms with E-state index in [9.17, 15) is 24.0 Å². The van der Waals surface area contributed by atoms with Crippen molar-refractivity contribution in [1.29, 1.82) is 0 Å². The van der Waals surface area contributed by atoms with Crippen LogP contribution in [-0.4, -0.2) is 87.7 Å². The number of nitrogens with one attached hydrogen (secondary N) is 4. The van der Waals surface area contributed by atoms with Crippen LogP contribution in [0.5, 0.6) is 0 Å². The predicted octanol–water partition coefficient (Wildman–Crippen LogP) is 5.51. The number of H-pyrrole nitrogens is 1. The monoisotopic (exact) mass is 715 g/mol. The number of benzene rings is 2. The molecule has 2 aliphatic rings. The van der Waals surface area contributed by atoms with Crippen molar-refractivity contribution >= 4 is 30.0 Å². The number of alkyl carbamates (subject to hydrolysis) is 1. The third kappa shape index (κ3) is 9.28. The van der Waals surface area contributed by atoms with Crippen LogP contribution in [0.2, 0.25) is 0 Å². The van der Waals surface area contributed by atoms with Crippen molar-refractivity contribution in [1.82, 2.24) is 35.7 Å². The fraction of sp³-hybridized carbons (Fsp3) is 0.474. The molecular formula is C38H49N7O7. The molecule has 3 atom stereocenters. The molecule has 3 heterocycles. The van der Waals surface area contributed by atoms with E-state index in [0.717, 1.165) is 40.8 Å². The Morgan fingerprint density at radius 1 is 0.904 bits per heavy atom. The number of amides is 6. The Balaban J connectivity index is 1.14. The second-order valence-corrected chi connectivity index (χ2v) is 14.5. The van der Waals surface area contributed by atoms with Gasteiger partial charge < -0.3 is 30.0 Å². The van der Waals surface area contributed by atoms with Gasteiger partial charge in [0.15, 0.2) is 0 Å². The Labute approximate surface area is 304 Å². The Morgan fingerprint density at radius 3 is 2.15 bits per heavy atom. The number of hydrogen-bond donors (Lipinski definition) is 4. The molecule has 0 saturated carbocycles. The van der Waals surface area contributed by atoms with Crippen molar-refractivity contribution in [2.75, 3.05) is 20.2 Å². The topological polar surface area (TPSA) is 175 Å². The average molecular weight is 716 g/mol. The Bertz CT molecular complexity index is 1750. The average Bonchev–Trinajstić information content (AvgIpc) is 3.90. The SMILES string of the molecule is COC(=O)NC(C(=O)N1CCCC1c1ncc(-c2ccc(-c3ccc(CNC(=O)NC(=O)C4CCCN4C(=O)OC(C)(C)C)cc3)cc2)[nH]1)C(C)C. The first-order chi connectivity index (χ1) is 24.7. The predicted molar refractivity (Wildman–Crippen MR) is 194 cm³/mol. The highest BCUT2D eigenvalue weighted by molar-refractivity contribution is 5.98. The summed E-state index contributed by atoms with van der Waals surface area (Å²) in [6.45, 7) is 10.3. The van der Waals surface area contributed by atoms with E-state index in [0.29, 0.717) is 31.8 Å². The van der Waals surface area contributed by atoms with Gasteiger partial charge in [-0.15, -0.1) is 0 Å². The van der Waals surface area contributed by atoms with Gasteiger partial charge in [-0.3, -0.25) is 19.8 Å². The smallest absolute Gasteiger partial charge is 0.410 e. The maximum absolute atomic E-state index is 13.5. The van der Waals surface area contributed by atoms with Crippen LogP contribution >= 0.6 is 0 Å². The molecule has 3 aromatic rings. The van der Waals surface area contributed by atoms with E-state index in [2.05, 4.69) is 25.9 Å². The number of aromatic amines is 1. The van der Waals surface area contributed by atoms with E-state index in [1.807, 2.05) is 62.4 Å². The standard InChI is InChI=1S/C38H49N7O7/c1-23(2)31(42-36(49)51-6)34(47)44-19-7-9-29(44)32-39-22-28(41-32)27-17-15-26(16-18-27)25-13-11-24(12-14-25)21-40-35(48)43-33(46)30-10-8-20-45(30)37(50)52-38(3,4)5/h11-18,22-23,29-31H,7-10,19-21H2,1-6H3,(H,39,41)(H,42,49)(H2,40,43,46,48). The first-order valence-corrected chi connectivity index (χ1v) is 17.7. The Hall–Kier alpha value is -5.40. The van der Waals surface area contributed by atoms with Crippen LogP contribution in [0, 0.1) is 5.92 Å². The van der Waals surface area contributed by atoms with Crippen LogP contribution in [0.15, 0.2) is 54.7 Å². The molecule has 0 bridgehead atoms. The number of nitrogens with zero attached hydrogens (tertiary/aromatic N) is 3. The van der Waals surface area contributed by atoms with Crippen LogP contribution in [0.25, 0.3) is 22.4 Å². The van der Waals surface area contributed by atoms with E-state index in [1.54, 1.807) is 31.9 Å². The number of hydrogen-bond acceptors (Lipinski definition) is 8. The fourth-order valence-electron chi connectivity index (χ4n) is 6.50. The molecule has 6 amide bonds. The van der Waals surface area contributed by atoms with E-state index in [1.165, 1.54) is 12.0 Å². The Morgan fingerprint density at radius 2 is 1.52 bits per heavy atom. The highest BCUT2D eigenvalue weighted by Gasteiger charge is 2.38. The van der Waals surface area contributed by atoms with Gasteiger partial charge in [0.25, 0.3) is 5.91 Å². The third-order valence-electron chi connectivity index (χ3n) is 9.19. The lowest BCUT2D eigenvalue weighted by atomic mass is 10.0. The van der Waals surface area contributed by atoms with Crippen molar-refractivity contribution in [3.63, 3.8) is 0 Å². The summed E-state index contributed by atoms with van der Waals surface area (Å²) in [7, 11) is 1.28. The largest absolute Gasteiger partial charge is 0.453 e. The molecule has 1 aromatic heterocycles. The number of imide groups is 1. The Kier molecular flexibility index (Phi) is 11.9. The van der Waals surface area contributed by atoms with Crippen LogP contribution in [0.1, 0.15) is 77.7 Å². The summed E-state index contributed by atoms with van der Waals surface area (Å²) >= 11 is 0. The number of aromatic nitrogens is 2. The van der Waals surface area contributed by atoms with E-state index in [-0.39, 0.29) is 24.4 Å². The zero-order chi connectivity index (χ0) is 37.6. The van der Waals surface area contributed by atoms with Crippen molar-refractivity contribution in [2.24, 2.45) is 5.92 Å². The molecule has 14 heteroatoms. The second-order valence-electron chi connectivity index (χ2n) is 14.5. The van der Waals surface area contributed by atoms with Gasteiger partial charge in [0, 0.05) is 19.6 Å². The summed E-state index contributed by atoms with van der Waals surface area (Å²) in [5.74, 6) is -0.101. The maximum atomic E-state index is 13.5. The number of imidazole rings is 1. The molecule has 5 rings (SSSR count). The van der Waals surface area contributed by atoms with E-state index in [4.69, 9.17) is 9.47 Å². The normalized spacial score (nSPS) is 17.8. The zero-order valence-electron chi connectivity index (χ0n) is 30.7. The first-order valence-electron chi connectivity index (χ1n) is 17.7. The maximum Gasteiger partial charge on any atom is 0.410 e. The summed E-state index contributed by atoms with van der Waals surface area (Å²) in [4.78, 5) is 74.4. The van der Waals surface area contributed by atoms with E-state index >= 15 is 0 Å². The highest BCUT2D eigenvalue weighted by atomic mass is 16.6. The summed E-state index contributed by atoms with van der Waals surface area (Å²) < 4.78 is 10.1. The molecular weight excluding hydrogens is 666 g/mol. The number of ether oxygens (including phenoxy) is 2. The molecule has 0 aliphatic carbocycles. The highest BCUT2D eigenvalue weighted by Crippen LogP contribution is 2.33. The summed E-state index contributed by atoms with van der Waals surface area (Å²) in [5.41, 5.74) is 3.94. The third-order valence-corrected chi connectivity index (χ3v) is 9.19. The van der Waals surface area contributed by atoms with Crippen LogP contribution < -0.4 is 16.0 Å². The first kappa shape index (κ1) is 37.8. The molecule has 0 radical (unpaired) electrons. The summed E-state index contributed by atoms with van der Waals surface area (Å²) in [5, 5.41) is 7.74. The molecule has 52 heavy (non-hydrogen) atoms. The van der Waals surface area contributed by atoms with Crippen molar-refractivity contribution in [3.8, 4) is 22.4 Å². The lowest BCUT2D eigenvalue weighted by molar-refractivity contribution is -0.135. The lowest BCUT2D eigenvalue weighted by Gasteiger charge is -2.30. The number of urea groups is 1. The molecule has 14 nitrogen and oxygen atoms in total. The van der Waals surface area contributed by atoms with Gasteiger partial charge in [0.05, 0.1) is 25.0 Å². The van der Waals surface area contributed by atoms with Crippen LogP contribution in [-0.2, 0) is 25.6 Å². The van der Waals surface area contributed by atoms with Crippen molar-refractivity contribution in [3.05, 3.63) is 66.1 Å². The van der Waals surface area contributed by atoms with Crippen molar-refractivity contribution < 1.29 is 33.4 Å². The molecule has 2 aliphatic heterocycles. The minimum Gasteiger partial charge on any atom is -0.453 e. The molecule has 3 unspecified atom stereocenters. The van der Waals surface area contributed by atoms with Gasteiger partial charge in [-0.1, -0.05) is 62.4 Å². The summed E-state index contributed by atoms with van der Waals surface area (Å²) in [6, 6.07) is 13.5. The van der Waals surface area contributed by atoms with Gasteiger partial charge in [-0.2, -0.15) is 0 Å². The minimum absolute atomic E-state index is 0.113. The van der Waals surface area contributed by atoms with Crippen molar-refractivity contribution in [2.45, 2.75) is 90.6 Å². The van der Waals surface area contributed by atoms with Gasteiger partial charge >= 0.3 is 18.2 Å². The quantitative estimate of drug-likeness (QED) is 0.224. The second kappa shape index (κ2) is 16.3. The molecule has 2 saturated heterocycles. The molecule has 0 spiro atoms. The molecule has 2 fully saturated rings. The number of likely N-dealkylation sites (tertiary alicyclic amines) is 2. The van der Waals surface area contributed by atoms with Gasteiger partial charge in [0.1, 0.15) is 23.5 Å². The molecule has 278 valence electrons. The number of carbonyl (C=O) groups is 5. The fourth-order valence-corrected chi connectivity index (χ4v) is 6.50. The lowest BCUT2D eigenvalue weighted by Crippen LogP contribution is -2.51. The molecule has 2 aromatic carbocycles. The number of methoxy groups -OCH3 is 1. The van der Waals surface area contributed by atoms with Gasteiger partial charge in [-0.05, 0) is 74.6 Å². The van der Waals surface area contributed by atoms with Gasteiger partial charge in [-0.25, -0.2) is 19.4 Å². The number of rotatable bonds is 9.